The third kappa shape index (κ3) is 14.1. The average molecular weight is 352 g/mol. The summed E-state index contributed by atoms with van der Waals surface area (Å²) in [5.41, 5.74) is 0. The highest BCUT2D eigenvalue weighted by molar-refractivity contribution is 5.68. The zero-order valence-electron chi connectivity index (χ0n) is 16.6. The number of hydroxylamine groups is 2. The number of rotatable bonds is 16. The smallest absolute Gasteiger partial charge is 0.325 e. The van der Waals surface area contributed by atoms with Crippen LogP contribution in [0.2, 0.25) is 0 Å². The average Bonchev–Trinajstić information content (AvgIpc) is 3.11. The van der Waals surface area contributed by atoms with Crippen molar-refractivity contribution >= 4 is 5.97 Å². The van der Waals surface area contributed by atoms with Gasteiger partial charge in [0.15, 0.2) is 0 Å². The van der Waals surface area contributed by atoms with Gasteiger partial charge in [0.05, 0.1) is 0 Å². The predicted molar refractivity (Wildman–Crippen MR) is 106 cm³/mol. The van der Waals surface area contributed by atoms with E-state index < -0.39 is 0 Å². The molecule has 0 atom stereocenters. The minimum Gasteiger partial charge on any atom is -0.368 e. The first-order valence-corrected chi connectivity index (χ1v) is 10.9. The first-order chi connectivity index (χ1) is 12.3. The Bertz CT molecular complexity index is 335. The maximum atomic E-state index is 11.7. The van der Waals surface area contributed by atoms with Crippen molar-refractivity contribution in [3.05, 3.63) is 12.2 Å². The van der Waals surface area contributed by atoms with Crippen LogP contribution in [0.3, 0.4) is 0 Å². The van der Waals surface area contributed by atoms with Gasteiger partial charge in [-0.3, -0.25) is 4.79 Å². The molecule has 0 bridgehead atoms. The number of allylic oxidation sites excluding steroid dienone is 2. The topological polar surface area (TPSA) is 29.5 Å². The number of carbonyl (C=O) groups is 1. The molecule has 1 heterocycles. The van der Waals surface area contributed by atoms with E-state index in [1.54, 1.807) is 0 Å². The number of unbranched alkanes of at least 4 members (excludes halogenated alkanes) is 11. The highest BCUT2D eigenvalue weighted by atomic mass is 16.7. The molecule has 1 rings (SSSR count). The van der Waals surface area contributed by atoms with Crippen molar-refractivity contribution in [1.82, 2.24) is 5.06 Å². The van der Waals surface area contributed by atoms with E-state index in [1.807, 2.05) is 5.06 Å². The second-order valence-electron chi connectivity index (χ2n) is 7.43. The molecule has 0 aromatic rings. The Balaban J connectivity index is 1.76. The van der Waals surface area contributed by atoms with Gasteiger partial charge in [0.2, 0.25) is 0 Å². The van der Waals surface area contributed by atoms with Crippen LogP contribution in [0, 0.1) is 0 Å². The molecule has 25 heavy (non-hydrogen) atoms. The monoisotopic (exact) mass is 351 g/mol. The maximum Gasteiger partial charge on any atom is 0.325 e. The van der Waals surface area contributed by atoms with Crippen molar-refractivity contribution in [3.8, 4) is 0 Å². The van der Waals surface area contributed by atoms with Crippen LogP contribution in [0.5, 0.6) is 0 Å². The molecular weight excluding hydrogens is 310 g/mol. The summed E-state index contributed by atoms with van der Waals surface area (Å²) in [7, 11) is 0. The fourth-order valence-corrected chi connectivity index (χ4v) is 3.31. The Hall–Kier alpha value is -0.830. The Morgan fingerprint density at radius 3 is 1.92 bits per heavy atom. The second kappa shape index (κ2) is 16.6. The molecule has 0 spiro atoms. The molecule has 1 saturated heterocycles. The highest BCUT2D eigenvalue weighted by Crippen LogP contribution is 2.12. The van der Waals surface area contributed by atoms with Crippen LogP contribution in [0.15, 0.2) is 12.2 Å². The van der Waals surface area contributed by atoms with Crippen molar-refractivity contribution < 1.29 is 9.63 Å². The highest BCUT2D eigenvalue weighted by Gasteiger charge is 2.15. The van der Waals surface area contributed by atoms with Gasteiger partial charge in [0, 0.05) is 19.5 Å². The second-order valence-corrected chi connectivity index (χ2v) is 7.43. The van der Waals surface area contributed by atoms with Gasteiger partial charge in [-0.25, -0.2) is 0 Å². The van der Waals surface area contributed by atoms with Gasteiger partial charge in [0.1, 0.15) is 0 Å². The largest absolute Gasteiger partial charge is 0.368 e. The molecule has 0 radical (unpaired) electrons. The molecule has 146 valence electrons. The van der Waals surface area contributed by atoms with Gasteiger partial charge in [0.25, 0.3) is 0 Å². The van der Waals surface area contributed by atoms with Gasteiger partial charge in [-0.1, -0.05) is 70.4 Å². The summed E-state index contributed by atoms with van der Waals surface area (Å²) in [6, 6.07) is 0. The van der Waals surface area contributed by atoms with E-state index in [1.165, 1.54) is 70.6 Å². The van der Waals surface area contributed by atoms with E-state index in [4.69, 9.17) is 4.84 Å². The zero-order chi connectivity index (χ0) is 18.0. The molecule has 3 heteroatoms. The van der Waals surface area contributed by atoms with Crippen LogP contribution < -0.4 is 0 Å². The van der Waals surface area contributed by atoms with Crippen LogP contribution in [0.1, 0.15) is 110 Å². The van der Waals surface area contributed by atoms with Crippen LogP contribution in [-0.2, 0) is 9.63 Å². The summed E-state index contributed by atoms with van der Waals surface area (Å²) in [6.07, 6.45) is 24.3. The summed E-state index contributed by atoms with van der Waals surface area (Å²) in [4.78, 5) is 17.0. The number of hydrogen-bond acceptors (Lipinski definition) is 3. The van der Waals surface area contributed by atoms with E-state index >= 15 is 0 Å². The van der Waals surface area contributed by atoms with Crippen molar-refractivity contribution in [2.75, 3.05) is 13.1 Å². The molecule has 0 N–H and O–H groups in total. The van der Waals surface area contributed by atoms with Crippen molar-refractivity contribution in [3.63, 3.8) is 0 Å². The lowest BCUT2D eigenvalue weighted by Crippen LogP contribution is -2.23. The summed E-state index contributed by atoms with van der Waals surface area (Å²) >= 11 is 0. The summed E-state index contributed by atoms with van der Waals surface area (Å²) in [5.74, 6) is -0.0421. The Morgan fingerprint density at radius 1 is 0.800 bits per heavy atom. The number of nitrogens with zero attached hydrogens (tertiary/aromatic N) is 1. The molecular formula is C22H41NO2. The van der Waals surface area contributed by atoms with Gasteiger partial charge < -0.3 is 4.84 Å². The minimum atomic E-state index is -0.0421. The lowest BCUT2D eigenvalue weighted by atomic mass is 10.1. The lowest BCUT2D eigenvalue weighted by molar-refractivity contribution is -0.185. The SMILES string of the molecule is CCCCCCCC/C=C\CCCCCCCC(=O)ON1CCCC1. The maximum absolute atomic E-state index is 11.7. The van der Waals surface area contributed by atoms with Gasteiger partial charge >= 0.3 is 5.97 Å². The van der Waals surface area contributed by atoms with Crippen molar-refractivity contribution in [1.29, 1.82) is 0 Å². The van der Waals surface area contributed by atoms with Gasteiger partial charge in [-0.2, -0.15) is 0 Å². The van der Waals surface area contributed by atoms with Gasteiger partial charge in [-0.15, -0.1) is 5.06 Å². The standard InChI is InChI=1S/C22H41NO2/c1-2-3-4-5-6-7-8-9-10-11-12-13-14-15-16-19-22(24)25-23-20-17-18-21-23/h9-10H,2-8,11-21H2,1H3/b10-9-. The van der Waals surface area contributed by atoms with Crippen LogP contribution >= 0.6 is 0 Å². The molecule has 1 aliphatic rings. The first-order valence-electron chi connectivity index (χ1n) is 10.9. The predicted octanol–water partition coefficient (Wildman–Crippen LogP) is 6.58. The zero-order valence-corrected chi connectivity index (χ0v) is 16.6. The normalized spacial score (nSPS) is 15.2. The molecule has 3 nitrogen and oxygen atoms in total. The molecule has 0 aromatic carbocycles. The van der Waals surface area contributed by atoms with Crippen LogP contribution in [0.25, 0.3) is 0 Å². The van der Waals surface area contributed by atoms with E-state index in [9.17, 15) is 4.79 Å². The molecule has 0 unspecified atom stereocenters. The van der Waals surface area contributed by atoms with E-state index in [0.29, 0.717) is 6.42 Å². The third-order valence-corrected chi connectivity index (χ3v) is 4.94. The fraction of sp³-hybridized carbons (Fsp3) is 0.864. The summed E-state index contributed by atoms with van der Waals surface area (Å²) < 4.78 is 0. The molecule has 0 amide bonds. The fourth-order valence-electron chi connectivity index (χ4n) is 3.31. The van der Waals surface area contributed by atoms with Crippen molar-refractivity contribution in [2.24, 2.45) is 0 Å². The van der Waals surface area contributed by atoms with Crippen molar-refractivity contribution in [2.45, 2.75) is 110 Å². The molecule has 0 aliphatic carbocycles. The molecule has 0 saturated carbocycles. The van der Waals surface area contributed by atoms with Crippen LogP contribution in [0.4, 0.5) is 0 Å². The Morgan fingerprint density at radius 2 is 1.32 bits per heavy atom. The van der Waals surface area contributed by atoms with E-state index in [-0.39, 0.29) is 5.97 Å². The van der Waals surface area contributed by atoms with E-state index in [0.717, 1.165) is 38.8 Å². The lowest BCUT2D eigenvalue weighted by Gasteiger charge is -2.13. The third-order valence-electron chi connectivity index (χ3n) is 4.94. The quantitative estimate of drug-likeness (QED) is 0.232. The molecule has 1 fully saturated rings. The number of hydrogen-bond donors (Lipinski definition) is 0. The number of carbonyl (C=O) groups excluding carboxylic acids is 1. The summed E-state index contributed by atoms with van der Waals surface area (Å²) in [6.45, 7) is 4.10. The molecule has 1 aliphatic heterocycles. The first kappa shape index (κ1) is 22.2. The Kier molecular flexibility index (Phi) is 14.8. The van der Waals surface area contributed by atoms with E-state index in [2.05, 4.69) is 19.1 Å². The summed E-state index contributed by atoms with van der Waals surface area (Å²) in [5, 5.41) is 1.82. The Labute approximate surface area is 156 Å². The van der Waals surface area contributed by atoms with Gasteiger partial charge in [-0.05, 0) is 44.9 Å². The minimum absolute atomic E-state index is 0.0421. The van der Waals surface area contributed by atoms with Crippen LogP contribution in [-0.4, -0.2) is 24.1 Å². The molecule has 0 aromatic heterocycles.